The van der Waals surface area contributed by atoms with E-state index < -0.39 is 23.7 Å². The van der Waals surface area contributed by atoms with Gasteiger partial charge in [-0.15, -0.1) is 17.8 Å². The van der Waals surface area contributed by atoms with Crippen LogP contribution in [0.5, 0.6) is 17.2 Å². The summed E-state index contributed by atoms with van der Waals surface area (Å²) in [4.78, 5) is 28.0. The second-order valence-corrected chi connectivity index (χ2v) is 9.96. The third-order valence-electron chi connectivity index (χ3n) is 6.07. The molecular formula is C28H26ClFN2O5S. The number of carbonyl (C=O) groups is 2. The first-order chi connectivity index (χ1) is 18.4. The molecule has 1 saturated carbocycles. The summed E-state index contributed by atoms with van der Waals surface area (Å²) in [6.45, 7) is 0.504. The zero-order valence-corrected chi connectivity index (χ0v) is 22.4. The Kier molecular flexibility index (Phi) is 8.77. The smallest absolute Gasteiger partial charge is 0.303 e. The van der Waals surface area contributed by atoms with Crippen molar-refractivity contribution in [3.63, 3.8) is 0 Å². The highest BCUT2D eigenvalue weighted by molar-refractivity contribution is 7.10. The van der Waals surface area contributed by atoms with Gasteiger partial charge < -0.3 is 19.5 Å². The van der Waals surface area contributed by atoms with Crippen LogP contribution in [0.1, 0.15) is 29.3 Å². The number of halogens is 2. The van der Waals surface area contributed by atoms with E-state index in [1.807, 2.05) is 5.92 Å². The van der Waals surface area contributed by atoms with Gasteiger partial charge in [0, 0.05) is 23.1 Å². The average Bonchev–Trinajstić information content (AvgIpc) is 3.62. The second-order valence-electron chi connectivity index (χ2n) is 8.60. The number of terminal acetylenes is 1. The van der Waals surface area contributed by atoms with Gasteiger partial charge in [0.15, 0.2) is 11.9 Å². The topological polar surface area (TPSA) is 77.1 Å². The summed E-state index contributed by atoms with van der Waals surface area (Å²) in [5, 5.41) is 4.28. The molecule has 7 nitrogen and oxygen atoms in total. The molecule has 1 heterocycles. The first-order valence-electron chi connectivity index (χ1n) is 11.8. The summed E-state index contributed by atoms with van der Waals surface area (Å²) in [6.07, 6.45) is 7.58. The molecule has 1 atom stereocenters. The summed E-state index contributed by atoms with van der Waals surface area (Å²) in [5.74, 6) is 1.33. The highest BCUT2D eigenvalue weighted by Crippen LogP contribution is 2.39. The van der Waals surface area contributed by atoms with Gasteiger partial charge in [-0.1, -0.05) is 17.7 Å². The summed E-state index contributed by atoms with van der Waals surface area (Å²) < 4.78 is 31.9. The van der Waals surface area contributed by atoms with E-state index in [-0.39, 0.29) is 23.0 Å². The second kappa shape index (κ2) is 12.2. The Morgan fingerprint density at radius 1 is 1.21 bits per heavy atom. The maximum absolute atomic E-state index is 15.6. The van der Waals surface area contributed by atoms with Gasteiger partial charge >= 0.3 is 5.91 Å². The Morgan fingerprint density at radius 3 is 2.63 bits per heavy atom. The van der Waals surface area contributed by atoms with Crippen molar-refractivity contribution in [1.29, 1.82) is 0 Å². The van der Waals surface area contributed by atoms with Crippen molar-refractivity contribution >= 4 is 40.4 Å². The SMILES string of the molecule is C#CC(=O)N(c1ccc(OCC2CC2)c(Cl)c1F)C(C(=O)NCc1ccc(OC)cc1OC)c1cccs1. The van der Waals surface area contributed by atoms with Gasteiger partial charge in [0.2, 0.25) is 5.91 Å². The number of hydrogen-bond donors (Lipinski definition) is 1. The first kappa shape index (κ1) is 27.3. The molecule has 0 saturated heterocycles. The van der Waals surface area contributed by atoms with Crippen LogP contribution >= 0.6 is 22.9 Å². The largest absolute Gasteiger partial charge is 0.497 e. The molecule has 1 aromatic heterocycles. The normalized spacial score (nSPS) is 13.2. The molecule has 4 rings (SSSR count). The number of thiophene rings is 1. The molecular weight excluding hydrogens is 531 g/mol. The van der Waals surface area contributed by atoms with E-state index in [2.05, 4.69) is 5.32 Å². The molecule has 0 spiro atoms. The minimum Gasteiger partial charge on any atom is -0.497 e. The average molecular weight is 557 g/mol. The molecule has 38 heavy (non-hydrogen) atoms. The highest BCUT2D eigenvalue weighted by Gasteiger charge is 2.35. The van der Waals surface area contributed by atoms with Crippen LogP contribution in [0.3, 0.4) is 0 Å². The fourth-order valence-electron chi connectivity index (χ4n) is 3.84. The summed E-state index contributed by atoms with van der Waals surface area (Å²) in [5.41, 5.74) is 0.445. The van der Waals surface area contributed by atoms with Gasteiger partial charge in [-0.3, -0.25) is 14.5 Å². The zero-order chi connectivity index (χ0) is 27.2. The number of benzene rings is 2. The summed E-state index contributed by atoms with van der Waals surface area (Å²) in [6, 6.07) is 10.1. The Labute approximate surface area is 229 Å². The van der Waals surface area contributed by atoms with Crippen LogP contribution in [0.25, 0.3) is 0 Å². The molecule has 2 aromatic carbocycles. The Bertz CT molecular complexity index is 1350. The van der Waals surface area contributed by atoms with Crippen LogP contribution in [0, 0.1) is 24.1 Å². The van der Waals surface area contributed by atoms with Gasteiger partial charge in [0.25, 0.3) is 0 Å². The zero-order valence-electron chi connectivity index (χ0n) is 20.8. The predicted octanol–water partition coefficient (Wildman–Crippen LogP) is 5.37. The van der Waals surface area contributed by atoms with Crippen LogP contribution in [-0.4, -0.2) is 32.6 Å². The number of ether oxygens (including phenoxy) is 3. The van der Waals surface area contributed by atoms with Crippen LogP contribution < -0.4 is 24.4 Å². The van der Waals surface area contributed by atoms with E-state index in [1.165, 1.54) is 37.7 Å². The predicted molar refractivity (Wildman–Crippen MR) is 144 cm³/mol. The summed E-state index contributed by atoms with van der Waals surface area (Å²) >= 11 is 7.52. The molecule has 1 unspecified atom stereocenters. The molecule has 0 aliphatic heterocycles. The van der Waals surface area contributed by atoms with Gasteiger partial charge in [0.1, 0.15) is 22.3 Å². The monoisotopic (exact) mass is 556 g/mol. The van der Waals surface area contributed by atoms with Crippen molar-refractivity contribution in [2.45, 2.75) is 25.4 Å². The van der Waals surface area contributed by atoms with Crippen molar-refractivity contribution in [1.82, 2.24) is 5.32 Å². The number of amides is 2. The molecule has 198 valence electrons. The molecule has 3 aromatic rings. The van der Waals surface area contributed by atoms with E-state index >= 15 is 4.39 Å². The van der Waals surface area contributed by atoms with Crippen LogP contribution in [0.4, 0.5) is 10.1 Å². The molecule has 2 amide bonds. The molecule has 1 fully saturated rings. The van der Waals surface area contributed by atoms with E-state index in [4.69, 9.17) is 32.2 Å². The Balaban J connectivity index is 1.66. The Morgan fingerprint density at radius 2 is 2.00 bits per heavy atom. The minimum absolute atomic E-state index is 0.0726. The number of methoxy groups -OCH3 is 2. The molecule has 0 bridgehead atoms. The summed E-state index contributed by atoms with van der Waals surface area (Å²) in [7, 11) is 3.04. The van der Waals surface area contributed by atoms with Gasteiger partial charge in [-0.25, -0.2) is 4.39 Å². The molecule has 1 N–H and O–H groups in total. The lowest BCUT2D eigenvalue weighted by molar-refractivity contribution is -0.125. The third kappa shape index (κ3) is 6.04. The lowest BCUT2D eigenvalue weighted by Crippen LogP contribution is -2.43. The number of carbonyl (C=O) groups excluding carboxylic acids is 2. The van der Waals surface area contributed by atoms with Crippen molar-refractivity contribution in [2.75, 3.05) is 25.7 Å². The van der Waals surface area contributed by atoms with E-state index in [0.717, 1.165) is 17.7 Å². The van der Waals surface area contributed by atoms with Crippen molar-refractivity contribution in [3.8, 4) is 29.6 Å². The quantitative estimate of drug-likeness (QED) is 0.321. The fraction of sp³-hybridized carbons (Fsp3) is 0.286. The molecule has 1 aliphatic rings. The Hall–Kier alpha value is -3.74. The van der Waals surface area contributed by atoms with Gasteiger partial charge in [0.05, 0.1) is 26.5 Å². The van der Waals surface area contributed by atoms with Crippen molar-refractivity contribution in [2.24, 2.45) is 5.92 Å². The maximum atomic E-state index is 15.6. The van der Waals surface area contributed by atoms with Crippen LogP contribution in [0.15, 0.2) is 47.8 Å². The van der Waals surface area contributed by atoms with E-state index in [9.17, 15) is 9.59 Å². The van der Waals surface area contributed by atoms with Crippen LogP contribution in [-0.2, 0) is 16.1 Å². The van der Waals surface area contributed by atoms with Crippen molar-refractivity contribution < 1.29 is 28.2 Å². The minimum atomic E-state index is -1.26. The standard InChI is InChI=1S/C28H26ClFN2O5S/c1-4-24(33)32(20-11-12-21(25(29)26(20)30)37-16-17-7-8-17)27(23-6-5-13-38-23)28(34)31-15-18-9-10-19(35-2)14-22(18)36-3/h1,5-6,9-14,17,27H,7-8,15-16H2,2-3H3,(H,31,34). The van der Waals surface area contributed by atoms with Crippen LogP contribution in [0.2, 0.25) is 5.02 Å². The number of rotatable bonds is 11. The number of nitrogens with one attached hydrogen (secondary N) is 1. The fourth-order valence-corrected chi connectivity index (χ4v) is 4.87. The van der Waals surface area contributed by atoms with Gasteiger partial charge in [-0.2, -0.15) is 0 Å². The molecule has 10 heteroatoms. The number of nitrogens with zero attached hydrogens (tertiary/aromatic N) is 1. The number of hydrogen-bond acceptors (Lipinski definition) is 6. The lowest BCUT2D eigenvalue weighted by atomic mass is 10.1. The molecule has 1 aliphatic carbocycles. The lowest BCUT2D eigenvalue weighted by Gasteiger charge is -2.29. The van der Waals surface area contributed by atoms with E-state index in [1.54, 1.807) is 35.7 Å². The van der Waals surface area contributed by atoms with E-state index in [0.29, 0.717) is 34.5 Å². The maximum Gasteiger partial charge on any atom is 0.303 e. The third-order valence-corrected chi connectivity index (χ3v) is 7.34. The number of anilines is 1. The van der Waals surface area contributed by atoms with Gasteiger partial charge in [-0.05, 0) is 60.4 Å². The molecule has 0 radical (unpaired) electrons. The highest BCUT2D eigenvalue weighted by atomic mass is 35.5. The first-order valence-corrected chi connectivity index (χ1v) is 13.1. The van der Waals surface area contributed by atoms with Crippen molar-refractivity contribution in [3.05, 3.63) is 69.1 Å².